The quantitative estimate of drug-likeness (QED) is 0.273. The lowest BCUT2D eigenvalue weighted by atomic mass is 10.2. The number of ether oxygens (including phenoxy) is 2. The number of nitrogens with one attached hydrogen (secondary N) is 2. The number of ketones is 1. The topological polar surface area (TPSA) is 114 Å². The van der Waals surface area contributed by atoms with Crippen LogP contribution < -0.4 is 10.6 Å². The van der Waals surface area contributed by atoms with Gasteiger partial charge >= 0.3 is 0 Å². The maximum absolute atomic E-state index is 12.4. The first kappa shape index (κ1) is 24.5. The van der Waals surface area contributed by atoms with Gasteiger partial charge in [-0.3, -0.25) is 24.1 Å². The Morgan fingerprint density at radius 2 is 2.04 bits per heavy atom. The standard InChI is InChI=1S/C18H31N3O6S/c1-13(22)14(19-2)12-28-15-11-17(24)21(18(15)25)7-5-16(23)20-6-4-8-27-10-9-26-3/h14-15,19H,4-12H2,1-3H3,(H,20,23)/t14-,15?/m0/s1. The second-order valence-electron chi connectivity index (χ2n) is 6.42. The van der Waals surface area contributed by atoms with Gasteiger partial charge in [-0.2, -0.15) is 0 Å². The minimum absolute atomic E-state index is 0.00982. The lowest BCUT2D eigenvalue weighted by Gasteiger charge is -2.16. The highest BCUT2D eigenvalue weighted by atomic mass is 32.2. The molecule has 0 aliphatic carbocycles. The number of amides is 3. The molecule has 1 fully saturated rings. The molecule has 2 N–H and O–H groups in total. The zero-order valence-corrected chi connectivity index (χ0v) is 17.6. The maximum atomic E-state index is 12.4. The first-order chi connectivity index (χ1) is 13.4. The molecule has 2 atom stereocenters. The molecule has 1 saturated heterocycles. The summed E-state index contributed by atoms with van der Waals surface area (Å²) in [5.41, 5.74) is 0. The summed E-state index contributed by atoms with van der Waals surface area (Å²) in [4.78, 5) is 49.0. The van der Waals surface area contributed by atoms with E-state index < -0.39 is 5.25 Å². The van der Waals surface area contributed by atoms with Gasteiger partial charge in [-0.15, -0.1) is 11.8 Å². The molecule has 1 aliphatic heterocycles. The Morgan fingerprint density at radius 3 is 2.68 bits per heavy atom. The third kappa shape index (κ3) is 8.68. The largest absolute Gasteiger partial charge is 0.382 e. The molecule has 3 amide bonds. The van der Waals surface area contributed by atoms with Crippen molar-refractivity contribution in [3.05, 3.63) is 0 Å². The van der Waals surface area contributed by atoms with Crippen molar-refractivity contribution in [1.29, 1.82) is 0 Å². The number of carbonyl (C=O) groups is 4. The fraction of sp³-hybridized carbons (Fsp3) is 0.778. The van der Waals surface area contributed by atoms with E-state index in [1.807, 2.05) is 0 Å². The number of likely N-dealkylation sites (tertiary alicyclic amines) is 1. The Hall–Kier alpha value is -1.49. The Morgan fingerprint density at radius 1 is 1.29 bits per heavy atom. The second-order valence-corrected chi connectivity index (χ2v) is 7.66. The van der Waals surface area contributed by atoms with E-state index in [1.54, 1.807) is 14.2 Å². The summed E-state index contributed by atoms with van der Waals surface area (Å²) >= 11 is 1.30. The van der Waals surface area contributed by atoms with Crippen LogP contribution in [0.1, 0.15) is 26.2 Å². The van der Waals surface area contributed by atoms with Gasteiger partial charge in [0, 0.05) is 45.4 Å². The Balaban J connectivity index is 2.26. The summed E-state index contributed by atoms with van der Waals surface area (Å²) in [5, 5.41) is 5.15. The number of nitrogens with zero attached hydrogens (tertiary/aromatic N) is 1. The van der Waals surface area contributed by atoms with Gasteiger partial charge in [-0.05, 0) is 20.4 Å². The van der Waals surface area contributed by atoms with Gasteiger partial charge < -0.3 is 20.1 Å². The molecule has 0 bridgehead atoms. The van der Waals surface area contributed by atoms with Crippen LogP contribution in [0.2, 0.25) is 0 Å². The van der Waals surface area contributed by atoms with Crippen LogP contribution in [-0.2, 0) is 28.7 Å². The van der Waals surface area contributed by atoms with Crippen LogP contribution in [0.3, 0.4) is 0 Å². The first-order valence-corrected chi connectivity index (χ1v) is 10.4. The molecule has 1 unspecified atom stereocenters. The molecule has 28 heavy (non-hydrogen) atoms. The normalized spacial score (nSPS) is 17.8. The van der Waals surface area contributed by atoms with Crippen LogP contribution in [0.15, 0.2) is 0 Å². The number of methoxy groups -OCH3 is 1. The molecule has 10 heteroatoms. The van der Waals surface area contributed by atoms with Crippen molar-refractivity contribution in [2.24, 2.45) is 0 Å². The predicted molar refractivity (Wildman–Crippen MR) is 106 cm³/mol. The van der Waals surface area contributed by atoms with E-state index in [9.17, 15) is 19.2 Å². The highest BCUT2D eigenvalue weighted by Gasteiger charge is 2.39. The number of thioether (sulfide) groups is 1. The molecule has 0 spiro atoms. The molecule has 0 saturated carbocycles. The van der Waals surface area contributed by atoms with E-state index in [-0.39, 0.29) is 48.9 Å². The van der Waals surface area contributed by atoms with Crippen LogP contribution in [0.5, 0.6) is 0 Å². The average Bonchev–Trinajstić information content (AvgIpc) is 2.92. The minimum atomic E-state index is -0.491. The highest BCUT2D eigenvalue weighted by molar-refractivity contribution is 8.00. The molecule has 0 aromatic rings. The van der Waals surface area contributed by atoms with E-state index in [0.29, 0.717) is 38.5 Å². The van der Waals surface area contributed by atoms with Crippen LogP contribution in [-0.4, -0.2) is 92.5 Å². The highest BCUT2D eigenvalue weighted by Crippen LogP contribution is 2.26. The lowest BCUT2D eigenvalue weighted by molar-refractivity contribution is -0.138. The van der Waals surface area contributed by atoms with Crippen LogP contribution >= 0.6 is 11.8 Å². The van der Waals surface area contributed by atoms with Crippen LogP contribution in [0.25, 0.3) is 0 Å². The Kier molecular flexibility index (Phi) is 12.0. The number of hydrogen-bond donors (Lipinski definition) is 2. The first-order valence-electron chi connectivity index (χ1n) is 9.37. The number of imide groups is 1. The maximum Gasteiger partial charge on any atom is 0.242 e. The Bertz CT molecular complexity index is 545. The van der Waals surface area contributed by atoms with Crippen molar-refractivity contribution >= 4 is 35.3 Å². The van der Waals surface area contributed by atoms with E-state index >= 15 is 0 Å². The molecule has 160 valence electrons. The molecular formula is C18H31N3O6S. The minimum Gasteiger partial charge on any atom is -0.382 e. The van der Waals surface area contributed by atoms with Gasteiger partial charge in [-0.1, -0.05) is 0 Å². The molecule has 9 nitrogen and oxygen atoms in total. The zero-order chi connectivity index (χ0) is 20.9. The fourth-order valence-corrected chi connectivity index (χ4v) is 3.94. The number of likely N-dealkylation sites (N-methyl/N-ethyl adjacent to an activating group) is 1. The van der Waals surface area contributed by atoms with Gasteiger partial charge in [0.05, 0.1) is 24.5 Å². The molecule has 1 heterocycles. The summed E-state index contributed by atoms with van der Waals surface area (Å²) in [5.74, 6) is -0.348. The van der Waals surface area contributed by atoms with E-state index in [1.165, 1.54) is 18.7 Å². The number of hydrogen-bond acceptors (Lipinski definition) is 8. The van der Waals surface area contributed by atoms with Gasteiger partial charge in [0.25, 0.3) is 0 Å². The van der Waals surface area contributed by atoms with Crippen molar-refractivity contribution in [3.8, 4) is 0 Å². The average molecular weight is 418 g/mol. The Labute approximate surface area is 170 Å². The van der Waals surface area contributed by atoms with Crippen molar-refractivity contribution in [2.75, 3.05) is 52.8 Å². The lowest BCUT2D eigenvalue weighted by Crippen LogP contribution is -2.37. The monoisotopic (exact) mass is 417 g/mol. The summed E-state index contributed by atoms with van der Waals surface area (Å²) in [6, 6.07) is -0.341. The molecular weight excluding hydrogens is 386 g/mol. The van der Waals surface area contributed by atoms with Gasteiger partial charge in [-0.25, -0.2) is 0 Å². The van der Waals surface area contributed by atoms with Crippen molar-refractivity contribution < 1.29 is 28.7 Å². The fourth-order valence-electron chi connectivity index (χ4n) is 2.58. The summed E-state index contributed by atoms with van der Waals surface area (Å²) in [6.07, 6.45) is 0.864. The summed E-state index contributed by atoms with van der Waals surface area (Å²) < 4.78 is 10.2. The molecule has 0 aromatic heterocycles. The zero-order valence-electron chi connectivity index (χ0n) is 16.8. The molecule has 0 aromatic carbocycles. The van der Waals surface area contributed by atoms with Crippen LogP contribution in [0, 0.1) is 0 Å². The van der Waals surface area contributed by atoms with Crippen molar-refractivity contribution in [3.63, 3.8) is 0 Å². The summed E-state index contributed by atoms with van der Waals surface area (Å²) in [6.45, 7) is 3.62. The summed E-state index contributed by atoms with van der Waals surface area (Å²) in [7, 11) is 3.29. The van der Waals surface area contributed by atoms with E-state index in [4.69, 9.17) is 9.47 Å². The third-order valence-corrected chi connectivity index (χ3v) is 5.58. The molecule has 1 rings (SSSR count). The second kappa shape index (κ2) is 13.6. The van der Waals surface area contributed by atoms with Gasteiger partial charge in [0.15, 0.2) is 0 Å². The number of rotatable bonds is 15. The number of Topliss-reactive ketones (excluding diaryl/α,β-unsaturated/α-hetero) is 1. The smallest absolute Gasteiger partial charge is 0.242 e. The van der Waals surface area contributed by atoms with Crippen molar-refractivity contribution in [1.82, 2.24) is 15.5 Å². The van der Waals surface area contributed by atoms with Gasteiger partial charge in [0.2, 0.25) is 17.7 Å². The van der Waals surface area contributed by atoms with Crippen molar-refractivity contribution in [2.45, 2.75) is 37.5 Å². The number of carbonyl (C=O) groups excluding carboxylic acids is 4. The predicted octanol–water partition coefficient (Wildman–Crippen LogP) is -0.416. The van der Waals surface area contributed by atoms with E-state index in [2.05, 4.69) is 10.6 Å². The SMILES string of the molecule is CN[C@@H](CSC1CC(=O)N(CCC(=O)NCCCOCCOC)C1=O)C(C)=O. The molecule has 1 aliphatic rings. The molecule has 0 radical (unpaired) electrons. The third-order valence-electron chi connectivity index (χ3n) is 4.29. The van der Waals surface area contributed by atoms with E-state index in [0.717, 1.165) is 4.90 Å². The van der Waals surface area contributed by atoms with Crippen LogP contribution in [0.4, 0.5) is 0 Å². The van der Waals surface area contributed by atoms with Gasteiger partial charge in [0.1, 0.15) is 5.78 Å².